The van der Waals surface area contributed by atoms with Crippen LogP contribution in [0.2, 0.25) is 0 Å². The molecule has 0 spiro atoms. The van der Waals surface area contributed by atoms with Gasteiger partial charge in [0.25, 0.3) is 0 Å². The molecule has 1 aromatic heterocycles. The van der Waals surface area contributed by atoms with Gasteiger partial charge in [-0.1, -0.05) is 6.07 Å². The average Bonchev–Trinajstić information content (AvgIpc) is 3.48. The smallest absolute Gasteiger partial charge is 0.231 e. The van der Waals surface area contributed by atoms with Crippen LogP contribution in [0.15, 0.2) is 36.5 Å². The van der Waals surface area contributed by atoms with Gasteiger partial charge in [-0.25, -0.2) is 0 Å². The molecule has 0 bridgehead atoms. The average molecular weight is 373 g/mol. The Labute approximate surface area is 162 Å². The number of pyridine rings is 1. The fourth-order valence-corrected chi connectivity index (χ4v) is 3.71. The molecule has 1 aliphatic carbocycles. The molecule has 2 aromatic carbocycles. The van der Waals surface area contributed by atoms with Crippen molar-refractivity contribution in [2.24, 2.45) is 0 Å². The topological polar surface area (TPSA) is 87.4 Å². The Morgan fingerprint density at radius 1 is 1.18 bits per heavy atom. The summed E-state index contributed by atoms with van der Waals surface area (Å²) in [5.41, 5.74) is 5.24. The molecule has 0 saturated heterocycles. The molecule has 1 fully saturated rings. The molecule has 2 heterocycles. The lowest BCUT2D eigenvalue weighted by Crippen LogP contribution is -2.05. The normalized spacial score (nSPS) is 14.9. The van der Waals surface area contributed by atoms with E-state index in [1.54, 1.807) is 6.20 Å². The van der Waals surface area contributed by atoms with Gasteiger partial charge in [0, 0.05) is 23.7 Å². The number of aromatic nitrogens is 1. The third kappa shape index (κ3) is 2.90. The molecule has 2 aliphatic rings. The maximum atomic E-state index is 9.84. The number of rotatable bonds is 5. The van der Waals surface area contributed by atoms with Crippen LogP contribution in [0, 0.1) is 11.3 Å². The molecule has 5 rings (SSSR count). The quantitative estimate of drug-likeness (QED) is 0.707. The van der Waals surface area contributed by atoms with Crippen molar-refractivity contribution in [3.05, 3.63) is 58.8 Å². The zero-order valence-electron chi connectivity index (χ0n) is 15.2. The molecule has 0 radical (unpaired) electrons. The fourth-order valence-electron chi connectivity index (χ4n) is 3.71. The van der Waals surface area contributed by atoms with E-state index in [0.717, 1.165) is 52.1 Å². The third-order valence-corrected chi connectivity index (χ3v) is 5.30. The number of nitrogens with zero attached hydrogens (tertiary/aromatic N) is 2. The van der Waals surface area contributed by atoms with Gasteiger partial charge in [-0.3, -0.25) is 4.98 Å². The summed E-state index contributed by atoms with van der Waals surface area (Å²) in [5, 5.41) is 23.6. The van der Waals surface area contributed by atoms with Crippen LogP contribution in [0.5, 0.6) is 11.5 Å². The third-order valence-electron chi connectivity index (χ3n) is 5.30. The van der Waals surface area contributed by atoms with Crippen molar-refractivity contribution < 1.29 is 14.6 Å². The van der Waals surface area contributed by atoms with Crippen LogP contribution in [-0.2, 0) is 13.2 Å². The second-order valence-corrected chi connectivity index (χ2v) is 7.21. The highest BCUT2D eigenvalue weighted by molar-refractivity contribution is 5.96. The highest BCUT2D eigenvalue weighted by Crippen LogP contribution is 2.44. The molecule has 0 unspecified atom stereocenters. The molecular formula is C22H19N3O3. The summed E-state index contributed by atoms with van der Waals surface area (Å²) in [7, 11) is 0. The largest absolute Gasteiger partial charge is 0.454 e. The van der Waals surface area contributed by atoms with Gasteiger partial charge in [-0.15, -0.1) is 0 Å². The van der Waals surface area contributed by atoms with Crippen molar-refractivity contribution >= 4 is 16.6 Å². The Balaban J connectivity index is 1.55. The predicted octanol–water partition coefficient (Wildman–Crippen LogP) is 3.82. The van der Waals surface area contributed by atoms with Gasteiger partial charge < -0.3 is 19.9 Å². The fraction of sp³-hybridized carbons (Fsp3) is 0.273. The minimum absolute atomic E-state index is 0.123. The van der Waals surface area contributed by atoms with Crippen LogP contribution in [0.3, 0.4) is 0 Å². The van der Waals surface area contributed by atoms with Gasteiger partial charge in [0.1, 0.15) is 0 Å². The first-order chi connectivity index (χ1) is 13.8. The van der Waals surface area contributed by atoms with E-state index < -0.39 is 0 Å². The minimum atomic E-state index is -0.123. The van der Waals surface area contributed by atoms with E-state index in [9.17, 15) is 10.4 Å². The number of nitriles is 1. The van der Waals surface area contributed by atoms with E-state index in [1.165, 1.54) is 0 Å². The van der Waals surface area contributed by atoms with Crippen LogP contribution in [0.4, 0.5) is 5.69 Å². The monoisotopic (exact) mass is 373 g/mol. The maximum absolute atomic E-state index is 9.84. The lowest BCUT2D eigenvalue weighted by Gasteiger charge is -2.16. The molecule has 6 heteroatoms. The lowest BCUT2D eigenvalue weighted by atomic mass is 9.99. The number of nitrogens with one attached hydrogen (secondary N) is 1. The summed E-state index contributed by atoms with van der Waals surface area (Å²) < 4.78 is 10.8. The molecule has 0 atom stereocenters. The van der Waals surface area contributed by atoms with Gasteiger partial charge >= 0.3 is 0 Å². The van der Waals surface area contributed by atoms with Crippen LogP contribution < -0.4 is 14.8 Å². The molecule has 1 saturated carbocycles. The number of fused-ring (bicyclic) bond motifs is 2. The Morgan fingerprint density at radius 2 is 2.04 bits per heavy atom. The van der Waals surface area contributed by atoms with Gasteiger partial charge in [-0.05, 0) is 54.2 Å². The highest BCUT2D eigenvalue weighted by Gasteiger charge is 2.27. The first-order valence-electron chi connectivity index (χ1n) is 9.35. The first kappa shape index (κ1) is 16.8. The molecule has 28 heavy (non-hydrogen) atoms. The van der Waals surface area contributed by atoms with Crippen molar-refractivity contribution in [1.29, 1.82) is 5.26 Å². The summed E-state index contributed by atoms with van der Waals surface area (Å²) in [6, 6.07) is 11.9. The minimum Gasteiger partial charge on any atom is -0.454 e. The van der Waals surface area contributed by atoms with E-state index in [4.69, 9.17) is 9.47 Å². The molecule has 3 aromatic rings. The maximum Gasteiger partial charge on any atom is 0.231 e. The SMILES string of the molecule is N#Cc1cc(C2CC2)c2ncc(CO)c(NCc3ccc4c(c3)OCO4)c2c1. The summed E-state index contributed by atoms with van der Waals surface area (Å²) in [6.45, 7) is 0.678. The van der Waals surface area contributed by atoms with E-state index in [0.29, 0.717) is 23.6 Å². The Kier molecular flexibility index (Phi) is 4.03. The summed E-state index contributed by atoms with van der Waals surface area (Å²) >= 11 is 0. The summed E-state index contributed by atoms with van der Waals surface area (Å²) in [4.78, 5) is 4.61. The van der Waals surface area contributed by atoms with Gasteiger partial charge in [-0.2, -0.15) is 5.26 Å². The first-order valence-corrected chi connectivity index (χ1v) is 9.35. The molecule has 140 valence electrons. The Morgan fingerprint density at radius 3 is 2.82 bits per heavy atom. The number of aliphatic hydroxyl groups is 1. The van der Waals surface area contributed by atoms with E-state index in [2.05, 4.69) is 16.4 Å². The number of ether oxygens (including phenoxy) is 2. The predicted molar refractivity (Wildman–Crippen MR) is 104 cm³/mol. The number of hydrogen-bond donors (Lipinski definition) is 2. The Hall–Kier alpha value is -3.30. The van der Waals surface area contributed by atoms with Crippen LogP contribution in [0.1, 0.15) is 41.0 Å². The van der Waals surface area contributed by atoms with Crippen LogP contribution >= 0.6 is 0 Å². The van der Waals surface area contributed by atoms with Crippen molar-refractivity contribution in [2.75, 3.05) is 12.1 Å². The van der Waals surface area contributed by atoms with Crippen LogP contribution in [0.25, 0.3) is 10.9 Å². The van der Waals surface area contributed by atoms with E-state index in [-0.39, 0.29) is 13.4 Å². The second-order valence-electron chi connectivity index (χ2n) is 7.21. The standard InChI is InChI=1S/C22H19N3O3/c23-8-14-5-17(15-2-3-15)22-18(6-14)21(16(11-26)10-25-22)24-9-13-1-4-19-20(7-13)28-12-27-19/h1,4-7,10,15,26H,2-3,9,11-12H2,(H,24,25). The Bertz CT molecular complexity index is 1120. The van der Waals surface area contributed by atoms with E-state index in [1.807, 2.05) is 30.3 Å². The van der Waals surface area contributed by atoms with Crippen LogP contribution in [-0.4, -0.2) is 16.9 Å². The molecule has 6 nitrogen and oxygen atoms in total. The second kappa shape index (κ2) is 6.70. The molecule has 1 aliphatic heterocycles. The summed E-state index contributed by atoms with van der Waals surface area (Å²) in [6.07, 6.45) is 3.99. The lowest BCUT2D eigenvalue weighted by molar-refractivity contribution is 0.174. The van der Waals surface area contributed by atoms with Crippen molar-refractivity contribution in [3.63, 3.8) is 0 Å². The van der Waals surface area contributed by atoms with Crippen molar-refractivity contribution in [3.8, 4) is 17.6 Å². The number of benzene rings is 2. The number of aliphatic hydroxyl groups excluding tert-OH is 1. The zero-order chi connectivity index (χ0) is 19.1. The van der Waals surface area contributed by atoms with Gasteiger partial charge in [0.2, 0.25) is 6.79 Å². The zero-order valence-corrected chi connectivity index (χ0v) is 15.2. The summed E-state index contributed by atoms with van der Waals surface area (Å²) in [5.74, 6) is 1.97. The van der Waals surface area contributed by atoms with Gasteiger partial charge in [0.05, 0.1) is 29.4 Å². The molecule has 2 N–H and O–H groups in total. The number of anilines is 1. The molecule has 0 amide bonds. The van der Waals surface area contributed by atoms with Crippen molar-refractivity contribution in [1.82, 2.24) is 4.98 Å². The molecular weight excluding hydrogens is 354 g/mol. The van der Waals surface area contributed by atoms with E-state index >= 15 is 0 Å². The highest BCUT2D eigenvalue weighted by atomic mass is 16.7. The van der Waals surface area contributed by atoms with Gasteiger partial charge in [0.15, 0.2) is 11.5 Å². The van der Waals surface area contributed by atoms with Crippen molar-refractivity contribution in [2.45, 2.75) is 31.9 Å². The number of hydrogen-bond acceptors (Lipinski definition) is 6.